The van der Waals surface area contributed by atoms with E-state index in [1.165, 1.54) is 4.57 Å². The molecule has 1 heterocycles. The van der Waals surface area contributed by atoms with Gasteiger partial charge >= 0.3 is 5.76 Å². The number of hydrogen-bond acceptors (Lipinski definition) is 6. The zero-order chi connectivity index (χ0) is 21.5. The van der Waals surface area contributed by atoms with Gasteiger partial charge in [0, 0.05) is 20.1 Å². The van der Waals surface area contributed by atoms with Gasteiger partial charge in [0.25, 0.3) is 0 Å². The summed E-state index contributed by atoms with van der Waals surface area (Å²) < 4.78 is 22.7. The molecular weight excluding hydrogens is 388 g/mol. The fraction of sp³-hybridized carbons (Fsp3) is 0.364. The summed E-state index contributed by atoms with van der Waals surface area (Å²) in [7, 11) is 3.18. The number of amides is 1. The van der Waals surface area contributed by atoms with E-state index >= 15 is 0 Å². The van der Waals surface area contributed by atoms with Crippen LogP contribution in [0.15, 0.2) is 51.7 Å². The largest absolute Gasteiger partial charge is 0.493 e. The van der Waals surface area contributed by atoms with Crippen LogP contribution in [-0.2, 0) is 16.1 Å². The number of aryl methyl sites for hydroxylation is 1. The number of carbonyl (C=O) groups excluding carboxylic acids is 1. The normalized spacial score (nSPS) is 12.0. The molecule has 0 saturated carbocycles. The number of methoxy groups -OCH3 is 2. The van der Waals surface area contributed by atoms with Gasteiger partial charge in [0.2, 0.25) is 5.91 Å². The van der Waals surface area contributed by atoms with Gasteiger partial charge in [0.05, 0.1) is 25.3 Å². The molecule has 3 aromatic rings. The van der Waals surface area contributed by atoms with Crippen LogP contribution < -0.4 is 20.5 Å². The summed E-state index contributed by atoms with van der Waals surface area (Å²) in [6.07, 6.45) is 0.156. The Morgan fingerprint density at radius 1 is 1.13 bits per heavy atom. The first-order valence-corrected chi connectivity index (χ1v) is 9.71. The Morgan fingerprint density at radius 2 is 1.93 bits per heavy atom. The van der Waals surface area contributed by atoms with Gasteiger partial charge in [-0.2, -0.15) is 0 Å². The molecule has 160 valence electrons. The van der Waals surface area contributed by atoms with Crippen molar-refractivity contribution in [2.24, 2.45) is 0 Å². The second kappa shape index (κ2) is 9.98. The summed E-state index contributed by atoms with van der Waals surface area (Å²) in [5.74, 6) is 0.564. The third-order valence-corrected chi connectivity index (χ3v) is 4.75. The van der Waals surface area contributed by atoms with Crippen molar-refractivity contribution in [3.05, 3.63) is 58.6 Å². The summed E-state index contributed by atoms with van der Waals surface area (Å²) in [5.41, 5.74) is 2.07. The molecule has 0 saturated heterocycles. The van der Waals surface area contributed by atoms with Crippen LogP contribution in [0.4, 0.5) is 0 Å². The number of hydrogen-bond donors (Lipinski definition) is 1. The summed E-state index contributed by atoms with van der Waals surface area (Å²) in [6, 6.07) is 12.4. The van der Waals surface area contributed by atoms with Crippen LogP contribution >= 0.6 is 0 Å². The number of oxazole rings is 1. The number of rotatable bonds is 10. The monoisotopic (exact) mass is 414 g/mol. The second-order valence-electron chi connectivity index (χ2n) is 6.78. The number of aromatic nitrogens is 1. The van der Waals surface area contributed by atoms with Gasteiger partial charge in [0.15, 0.2) is 17.1 Å². The average molecular weight is 414 g/mol. The first-order valence-electron chi connectivity index (χ1n) is 9.71. The van der Waals surface area contributed by atoms with Gasteiger partial charge in [-0.15, -0.1) is 0 Å². The molecule has 0 aliphatic rings. The number of ether oxygens (including phenoxy) is 3. The Bertz CT molecular complexity index is 1060. The number of fused-ring (bicyclic) bond motifs is 1. The Labute approximate surface area is 174 Å². The number of nitrogens with zero attached hydrogens (tertiary/aromatic N) is 1. The Morgan fingerprint density at radius 3 is 2.70 bits per heavy atom. The third-order valence-electron chi connectivity index (χ3n) is 4.75. The smallest absolute Gasteiger partial charge is 0.419 e. The first kappa shape index (κ1) is 21.4. The van der Waals surface area contributed by atoms with E-state index in [1.807, 2.05) is 31.2 Å². The Kier molecular flexibility index (Phi) is 7.13. The van der Waals surface area contributed by atoms with Crippen molar-refractivity contribution in [3.63, 3.8) is 0 Å². The molecular formula is C22H26N2O6. The summed E-state index contributed by atoms with van der Waals surface area (Å²) in [6.45, 7) is 3.02. The van der Waals surface area contributed by atoms with Crippen LogP contribution in [0.3, 0.4) is 0 Å². The molecule has 1 unspecified atom stereocenters. The predicted molar refractivity (Wildman–Crippen MR) is 112 cm³/mol. The quantitative estimate of drug-likeness (QED) is 0.513. The molecule has 8 nitrogen and oxygen atoms in total. The van der Waals surface area contributed by atoms with E-state index in [1.54, 1.807) is 32.4 Å². The highest BCUT2D eigenvalue weighted by Crippen LogP contribution is 2.30. The lowest BCUT2D eigenvalue weighted by Gasteiger charge is -2.17. The molecule has 0 spiro atoms. The zero-order valence-corrected chi connectivity index (χ0v) is 17.3. The highest BCUT2D eigenvalue weighted by atomic mass is 16.5. The standard InChI is InChI=1S/C22H26N2O6/c1-15(16-8-9-19(20(14-16)28-3)29-13-12-27-2)23-21(25)10-11-24-17-6-4-5-7-18(17)30-22(24)26/h4-9,14-15H,10-13H2,1-3H3,(H,23,25). The van der Waals surface area contributed by atoms with Gasteiger partial charge in [0.1, 0.15) is 6.61 Å². The number of nitrogens with one attached hydrogen (secondary N) is 1. The summed E-state index contributed by atoms with van der Waals surface area (Å²) in [4.78, 5) is 24.5. The van der Waals surface area contributed by atoms with E-state index in [4.69, 9.17) is 18.6 Å². The fourth-order valence-corrected chi connectivity index (χ4v) is 3.14. The van der Waals surface area contributed by atoms with Crippen LogP contribution in [0.5, 0.6) is 11.5 Å². The van der Waals surface area contributed by atoms with Crippen LogP contribution in [-0.4, -0.2) is 37.9 Å². The Hall–Kier alpha value is -3.26. The molecule has 0 aliphatic heterocycles. The maximum Gasteiger partial charge on any atom is 0.419 e. The number of benzene rings is 2. The molecule has 0 bridgehead atoms. The molecule has 0 radical (unpaired) electrons. The van der Waals surface area contributed by atoms with Crippen molar-refractivity contribution < 1.29 is 23.4 Å². The Balaban J connectivity index is 1.61. The van der Waals surface area contributed by atoms with E-state index in [0.717, 1.165) is 5.56 Å². The van der Waals surface area contributed by atoms with E-state index in [0.29, 0.717) is 35.8 Å². The second-order valence-corrected chi connectivity index (χ2v) is 6.78. The van der Waals surface area contributed by atoms with Gasteiger partial charge in [-0.3, -0.25) is 9.36 Å². The van der Waals surface area contributed by atoms with Crippen molar-refractivity contribution in [1.82, 2.24) is 9.88 Å². The highest BCUT2D eigenvalue weighted by Gasteiger charge is 2.15. The number of para-hydroxylation sites is 2. The molecule has 30 heavy (non-hydrogen) atoms. The molecule has 1 amide bonds. The predicted octanol–water partition coefficient (Wildman–Crippen LogP) is 2.90. The van der Waals surface area contributed by atoms with Crippen molar-refractivity contribution in [1.29, 1.82) is 0 Å². The van der Waals surface area contributed by atoms with Gasteiger partial charge in [-0.1, -0.05) is 18.2 Å². The summed E-state index contributed by atoms with van der Waals surface area (Å²) in [5, 5.41) is 2.95. The third kappa shape index (κ3) is 5.01. The summed E-state index contributed by atoms with van der Waals surface area (Å²) >= 11 is 0. The maximum atomic E-state index is 12.4. The minimum Gasteiger partial charge on any atom is -0.493 e. The highest BCUT2D eigenvalue weighted by molar-refractivity contribution is 5.77. The topological polar surface area (TPSA) is 91.9 Å². The van der Waals surface area contributed by atoms with Crippen LogP contribution in [0.2, 0.25) is 0 Å². The lowest BCUT2D eigenvalue weighted by molar-refractivity contribution is -0.121. The van der Waals surface area contributed by atoms with E-state index in [-0.39, 0.29) is 24.9 Å². The molecule has 8 heteroatoms. The zero-order valence-electron chi connectivity index (χ0n) is 17.3. The SMILES string of the molecule is COCCOc1ccc(C(C)NC(=O)CCn2c(=O)oc3ccccc32)cc1OC. The molecule has 0 fully saturated rings. The van der Waals surface area contributed by atoms with E-state index in [2.05, 4.69) is 5.32 Å². The molecule has 1 atom stereocenters. The first-order chi connectivity index (χ1) is 14.5. The van der Waals surface area contributed by atoms with Crippen LogP contribution in [0.1, 0.15) is 24.9 Å². The maximum absolute atomic E-state index is 12.4. The van der Waals surface area contributed by atoms with E-state index in [9.17, 15) is 9.59 Å². The minimum absolute atomic E-state index is 0.156. The fourth-order valence-electron chi connectivity index (χ4n) is 3.14. The van der Waals surface area contributed by atoms with Crippen molar-refractivity contribution in [3.8, 4) is 11.5 Å². The van der Waals surface area contributed by atoms with Crippen LogP contribution in [0.25, 0.3) is 11.1 Å². The molecule has 2 aromatic carbocycles. The molecule has 0 aliphatic carbocycles. The van der Waals surface area contributed by atoms with E-state index < -0.39 is 5.76 Å². The lowest BCUT2D eigenvalue weighted by Crippen LogP contribution is -2.28. The van der Waals surface area contributed by atoms with Gasteiger partial charge < -0.3 is 23.9 Å². The minimum atomic E-state index is -0.467. The molecule has 1 N–H and O–H groups in total. The number of carbonyl (C=O) groups is 1. The van der Waals surface area contributed by atoms with Crippen molar-refractivity contribution in [2.45, 2.75) is 25.9 Å². The average Bonchev–Trinajstić information content (AvgIpc) is 3.07. The van der Waals surface area contributed by atoms with Crippen molar-refractivity contribution in [2.75, 3.05) is 27.4 Å². The molecule has 1 aromatic heterocycles. The lowest BCUT2D eigenvalue weighted by atomic mass is 10.1. The van der Waals surface area contributed by atoms with Gasteiger partial charge in [-0.25, -0.2) is 4.79 Å². The van der Waals surface area contributed by atoms with Crippen molar-refractivity contribution >= 4 is 17.0 Å². The van der Waals surface area contributed by atoms with Gasteiger partial charge in [-0.05, 0) is 36.8 Å². The van der Waals surface area contributed by atoms with Crippen LogP contribution in [0, 0.1) is 0 Å². The molecule has 3 rings (SSSR count).